The average Bonchev–Trinajstić information content (AvgIpc) is 3.43. The van der Waals surface area contributed by atoms with Gasteiger partial charge in [0.2, 0.25) is 5.91 Å². The highest BCUT2D eigenvalue weighted by Gasteiger charge is 2.58. The first kappa shape index (κ1) is 21.0. The van der Waals surface area contributed by atoms with Crippen LogP contribution in [0.2, 0.25) is 0 Å². The molecule has 4 aliphatic rings. The predicted molar refractivity (Wildman–Crippen MR) is 129 cm³/mol. The van der Waals surface area contributed by atoms with Crippen molar-refractivity contribution in [3.8, 4) is 5.88 Å². The number of rotatable bonds is 7. The van der Waals surface area contributed by atoms with Gasteiger partial charge in [0, 0.05) is 37.4 Å². The van der Waals surface area contributed by atoms with Crippen molar-refractivity contribution in [2.24, 2.45) is 18.9 Å². The molecule has 2 bridgehead atoms. The Morgan fingerprint density at radius 1 is 1.29 bits per heavy atom. The van der Waals surface area contributed by atoms with Gasteiger partial charge in [-0.15, -0.1) is 5.10 Å². The summed E-state index contributed by atoms with van der Waals surface area (Å²) in [5, 5.41) is 10.8. The van der Waals surface area contributed by atoms with Crippen LogP contribution in [0.15, 0.2) is 31.2 Å². The number of methoxy groups -OCH3 is 1. The third-order valence-corrected chi connectivity index (χ3v) is 7.75. The van der Waals surface area contributed by atoms with Crippen LogP contribution in [0.4, 0.5) is 17.3 Å². The molecule has 34 heavy (non-hydrogen) atoms. The topological polar surface area (TPSA) is 102 Å². The Kier molecular flexibility index (Phi) is 4.62. The van der Waals surface area contributed by atoms with E-state index in [9.17, 15) is 4.79 Å². The van der Waals surface area contributed by atoms with Crippen LogP contribution < -0.4 is 20.3 Å². The lowest BCUT2D eigenvalue weighted by Gasteiger charge is -2.61. The van der Waals surface area contributed by atoms with Crippen molar-refractivity contribution in [3.05, 3.63) is 36.9 Å². The summed E-state index contributed by atoms with van der Waals surface area (Å²) < 4.78 is 9.36. The lowest BCUT2D eigenvalue weighted by Crippen LogP contribution is -2.55. The zero-order valence-corrected chi connectivity index (χ0v) is 19.8. The second kappa shape index (κ2) is 7.48. The van der Waals surface area contributed by atoms with E-state index in [0.29, 0.717) is 18.2 Å². The first-order valence-electron chi connectivity index (χ1n) is 11.8. The van der Waals surface area contributed by atoms with Crippen LogP contribution >= 0.6 is 0 Å². The Hall–Kier alpha value is -3.56. The van der Waals surface area contributed by atoms with Gasteiger partial charge in [-0.1, -0.05) is 13.5 Å². The van der Waals surface area contributed by atoms with Crippen molar-refractivity contribution >= 4 is 28.9 Å². The zero-order valence-electron chi connectivity index (χ0n) is 19.8. The summed E-state index contributed by atoms with van der Waals surface area (Å²) in [6.07, 6.45) is 11.0. The largest absolute Gasteiger partial charge is 0.478 e. The van der Waals surface area contributed by atoms with Crippen molar-refractivity contribution in [2.75, 3.05) is 30.4 Å². The molecular formula is C24H30N8O2. The summed E-state index contributed by atoms with van der Waals surface area (Å²) in [5.41, 5.74) is 3.04. The molecule has 10 nitrogen and oxygen atoms in total. The van der Waals surface area contributed by atoms with Crippen LogP contribution in [0, 0.1) is 11.8 Å². The van der Waals surface area contributed by atoms with Gasteiger partial charge in [-0.3, -0.25) is 13.9 Å². The minimum Gasteiger partial charge on any atom is -0.478 e. The second-order valence-corrected chi connectivity index (χ2v) is 10.1. The molecule has 178 valence electrons. The van der Waals surface area contributed by atoms with Crippen molar-refractivity contribution in [1.82, 2.24) is 29.5 Å². The van der Waals surface area contributed by atoms with Crippen LogP contribution in [0.3, 0.4) is 0 Å². The maximum atomic E-state index is 11.9. The summed E-state index contributed by atoms with van der Waals surface area (Å²) in [5.74, 6) is 3.03. The normalized spacial score (nSPS) is 27.3. The number of anilines is 3. The van der Waals surface area contributed by atoms with Gasteiger partial charge in [0.05, 0.1) is 25.5 Å². The van der Waals surface area contributed by atoms with Crippen LogP contribution in [-0.4, -0.2) is 56.3 Å². The molecule has 4 heterocycles. The standard InChI is InChI=1S/C24H30N8O2/c1-5-20(33)26-16-12-31(10-14(16)2)19-13-32-18(24-6-15(7-24)8-24)9-25-22(32)21(28-19)27-17-11-30(3)29-23(17)34-4/h5,9,11,13-16H,1,6-8,10,12H2,2-4H3,(H,26,33)(H,27,28). The molecule has 3 aromatic heterocycles. The maximum Gasteiger partial charge on any atom is 0.256 e. The summed E-state index contributed by atoms with van der Waals surface area (Å²) >= 11 is 0. The number of nitrogens with zero attached hydrogens (tertiary/aromatic N) is 6. The molecule has 1 aliphatic heterocycles. The van der Waals surface area contributed by atoms with Crippen molar-refractivity contribution in [2.45, 2.75) is 37.6 Å². The lowest BCUT2D eigenvalue weighted by atomic mass is 9.43. The Labute approximate surface area is 198 Å². The third-order valence-electron chi connectivity index (χ3n) is 7.75. The number of imidazole rings is 1. The average molecular weight is 463 g/mol. The second-order valence-electron chi connectivity index (χ2n) is 10.1. The van der Waals surface area contributed by atoms with Crippen LogP contribution in [-0.2, 0) is 17.3 Å². The molecule has 10 heteroatoms. The van der Waals surface area contributed by atoms with Gasteiger partial charge < -0.3 is 20.3 Å². The monoisotopic (exact) mass is 462 g/mol. The van der Waals surface area contributed by atoms with Gasteiger partial charge >= 0.3 is 0 Å². The number of aryl methyl sites for hydroxylation is 1. The van der Waals surface area contributed by atoms with Crippen molar-refractivity contribution < 1.29 is 9.53 Å². The lowest BCUT2D eigenvalue weighted by molar-refractivity contribution is -0.117. The number of carbonyl (C=O) groups is 1. The Morgan fingerprint density at radius 2 is 2.09 bits per heavy atom. The highest BCUT2D eigenvalue weighted by Crippen LogP contribution is 2.65. The fourth-order valence-electron chi connectivity index (χ4n) is 5.81. The van der Waals surface area contributed by atoms with Gasteiger partial charge in [0.1, 0.15) is 11.5 Å². The Morgan fingerprint density at radius 3 is 2.76 bits per heavy atom. The first-order valence-corrected chi connectivity index (χ1v) is 11.8. The first-order chi connectivity index (χ1) is 16.4. The number of ether oxygens (including phenoxy) is 1. The molecule has 0 aromatic carbocycles. The van der Waals surface area contributed by atoms with E-state index in [1.165, 1.54) is 31.0 Å². The van der Waals surface area contributed by atoms with E-state index in [2.05, 4.69) is 44.7 Å². The van der Waals surface area contributed by atoms with Gasteiger partial charge in [0.15, 0.2) is 11.5 Å². The highest BCUT2D eigenvalue weighted by atomic mass is 16.5. The van der Waals surface area contributed by atoms with E-state index in [-0.39, 0.29) is 23.3 Å². The molecule has 0 spiro atoms. The summed E-state index contributed by atoms with van der Waals surface area (Å²) in [4.78, 5) is 23.9. The van der Waals surface area contributed by atoms with Gasteiger partial charge in [0.25, 0.3) is 5.88 Å². The van der Waals surface area contributed by atoms with E-state index in [4.69, 9.17) is 14.7 Å². The number of amides is 1. The van der Waals surface area contributed by atoms with Crippen LogP contribution in [0.5, 0.6) is 5.88 Å². The van der Waals surface area contributed by atoms with Crippen molar-refractivity contribution in [1.29, 1.82) is 0 Å². The minimum atomic E-state index is -0.145. The van der Waals surface area contributed by atoms with Crippen molar-refractivity contribution in [3.63, 3.8) is 0 Å². The third kappa shape index (κ3) is 3.15. The van der Waals surface area contributed by atoms with E-state index >= 15 is 0 Å². The molecule has 3 aliphatic carbocycles. The van der Waals surface area contributed by atoms with Crippen LogP contribution in [0.1, 0.15) is 31.9 Å². The van der Waals surface area contributed by atoms with E-state index in [0.717, 1.165) is 29.6 Å². The highest BCUT2D eigenvalue weighted by molar-refractivity contribution is 5.87. The number of hydrogen-bond acceptors (Lipinski definition) is 7. The molecule has 1 saturated heterocycles. The van der Waals surface area contributed by atoms with E-state index in [1.54, 1.807) is 11.8 Å². The van der Waals surface area contributed by atoms with Gasteiger partial charge in [-0.25, -0.2) is 9.97 Å². The molecule has 7 rings (SSSR count). The fourth-order valence-corrected chi connectivity index (χ4v) is 5.81. The molecule has 1 amide bonds. The number of nitrogens with one attached hydrogen (secondary N) is 2. The van der Waals surface area contributed by atoms with E-state index in [1.807, 2.05) is 19.4 Å². The van der Waals surface area contributed by atoms with Crippen LogP contribution in [0.25, 0.3) is 5.65 Å². The number of hydrogen-bond donors (Lipinski definition) is 2. The minimum absolute atomic E-state index is 0.0395. The molecule has 3 aromatic rings. The molecule has 2 unspecified atom stereocenters. The Balaban J connectivity index is 1.40. The molecular weight excluding hydrogens is 432 g/mol. The molecule has 3 saturated carbocycles. The quantitative estimate of drug-likeness (QED) is 0.520. The predicted octanol–water partition coefficient (Wildman–Crippen LogP) is 2.39. The number of fused-ring (bicyclic) bond motifs is 1. The van der Waals surface area contributed by atoms with Gasteiger partial charge in [-0.2, -0.15) is 0 Å². The zero-order chi connectivity index (χ0) is 23.6. The van der Waals surface area contributed by atoms with E-state index < -0.39 is 0 Å². The summed E-state index contributed by atoms with van der Waals surface area (Å²) in [7, 11) is 3.46. The van der Waals surface area contributed by atoms with Gasteiger partial charge in [-0.05, 0) is 37.2 Å². The fraction of sp³-hybridized carbons (Fsp3) is 0.500. The Bertz CT molecular complexity index is 1280. The summed E-state index contributed by atoms with van der Waals surface area (Å²) in [6.45, 7) is 7.21. The summed E-state index contributed by atoms with van der Waals surface area (Å²) in [6, 6.07) is 0.0395. The molecule has 0 radical (unpaired) electrons. The number of carbonyl (C=O) groups excluding carboxylic acids is 1. The number of aromatic nitrogens is 5. The smallest absolute Gasteiger partial charge is 0.256 e. The SMILES string of the molecule is C=CC(=O)NC1CN(c2cn3c(C45CC(C4)C5)cnc3c(Nc3cn(C)nc3OC)n2)CC1C. The molecule has 2 atom stereocenters. The maximum absolute atomic E-state index is 11.9. The molecule has 2 N–H and O–H groups in total. The molecule has 4 fully saturated rings.